The van der Waals surface area contributed by atoms with Crippen molar-refractivity contribution in [1.82, 2.24) is 10.6 Å². The van der Waals surface area contributed by atoms with Gasteiger partial charge in [0.15, 0.2) is 6.23 Å². The molecule has 1 saturated heterocycles. The molecule has 0 aromatic carbocycles. The van der Waals surface area contributed by atoms with Crippen molar-refractivity contribution in [3.8, 4) is 0 Å². The number of rotatable bonds is 3. The lowest BCUT2D eigenvalue weighted by Crippen LogP contribution is -2.47. The number of hydrogen-bond donors (Lipinski definition) is 2. The van der Waals surface area contributed by atoms with E-state index in [1.165, 1.54) is 25.2 Å². The third kappa shape index (κ3) is 3.56. The molecule has 2 N–H and O–H groups in total. The molecule has 84 valence electrons. The van der Waals surface area contributed by atoms with Crippen LogP contribution in [0.25, 0.3) is 0 Å². The summed E-state index contributed by atoms with van der Waals surface area (Å²) in [6, 6.07) is 0. The largest absolute Gasteiger partial charge is 0.333 e. The van der Waals surface area contributed by atoms with Crippen LogP contribution in [0.15, 0.2) is 12.8 Å². The van der Waals surface area contributed by atoms with Crippen LogP contribution in [0.1, 0.15) is 13.3 Å². The zero-order valence-corrected chi connectivity index (χ0v) is 9.30. The number of nitrogens with one attached hydrogen (secondary N) is 2. The van der Waals surface area contributed by atoms with Gasteiger partial charge in [0.05, 0.1) is 5.92 Å². The molecule has 0 spiro atoms. The summed E-state index contributed by atoms with van der Waals surface area (Å²) in [5, 5.41) is 5.10. The molecule has 1 heterocycles. The molecule has 2 unspecified atom stereocenters. The van der Waals surface area contributed by atoms with Crippen LogP contribution in [-0.4, -0.2) is 23.8 Å². The van der Waals surface area contributed by atoms with Gasteiger partial charge in [-0.15, -0.1) is 0 Å². The molecule has 0 aromatic heterocycles. The highest BCUT2D eigenvalue weighted by atomic mass is 32.2. The van der Waals surface area contributed by atoms with Gasteiger partial charge in [-0.2, -0.15) is 0 Å². The van der Waals surface area contributed by atoms with E-state index in [0.29, 0.717) is 6.42 Å². The van der Waals surface area contributed by atoms with Crippen LogP contribution in [0, 0.1) is 5.92 Å². The second-order valence-corrected chi connectivity index (χ2v) is 3.98. The molecule has 2 amide bonds. The standard InChI is InChI=1S/C9H14N2O3S/c1-3-10-8(13)7-4-5-15-14-9(7)11-6(2)12/h3,7,9H,1,4-5H2,2H3,(H,10,13)(H,11,12). The van der Waals surface area contributed by atoms with E-state index in [1.807, 2.05) is 0 Å². The first kappa shape index (κ1) is 12.1. The molecular weight excluding hydrogens is 216 g/mol. The van der Waals surface area contributed by atoms with E-state index in [1.54, 1.807) is 0 Å². The summed E-state index contributed by atoms with van der Waals surface area (Å²) < 4.78 is 5.26. The lowest BCUT2D eigenvalue weighted by atomic mass is 10.0. The highest BCUT2D eigenvalue weighted by Crippen LogP contribution is 2.25. The van der Waals surface area contributed by atoms with E-state index in [2.05, 4.69) is 17.2 Å². The van der Waals surface area contributed by atoms with Crippen molar-refractivity contribution in [2.24, 2.45) is 5.92 Å². The lowest BCUT2D eigenvalue weighted by molar-refractivity contribution is -0.130. The van der Waals surface area contributed by atoms with Gasteiger partial charge in [0.1, 0.15) is 0 Å². The van der Waals surface area contributed by atoms with E-state index in [0.717, 1.165) is 5.75 Å². The number of amides is 2. The van der Waals surface area contributed by atoms with E-state index in [-0.39, 0.29) is 17.7 Å². The van der Waals surface area contributed by atoms with Crippen LogP contribution in [-0.2, 0) is 13.8 Å². The third-order valence-electron chi connectivity index (χ3n) is 1.98. The molecule has 2 atom stereocenters. The average Bonchev–Trinajstić information content (AvgIpc) is 2.18. The Morgan fingerprint density at radius 1 is 1.60 bits per heavy atom. The fraction of sp³-hybridized carbons (Fsp3) is 0.556. The van der Waals surface area contributed by atoms with E-state index in [9.17, 15) is 9.59 Å². The van der Waals surface area contributed by atoms with Crippen LogP contribution in [0.5, 0.6) is 0 Å². The summed E-state index contributed by atoms with van der Waals surface area (Å²) in [5.41, 5.74) is 0. The fourth-order valence-electron chi connectivity index (χ4n) is 1.32. The second kappa shape index (κ2) is 5.77. The highest BCUT2D eigenvalue weighted by Gasteiger charge is 2.32. The van der Waals surface area contributed by atoms with Crippen LogP contribution in [0.4, 0.5) is 0 Å². The molecule has 1 fully saturated rings. The summed E-state index contributed by atoms with van der Waals surface area (Å²) in [6.45, 7) is 4.81. The van der Waals surface area contributed by atoms with Gasteiger partial charge in [-0.1, -0.05) is 6.58 Å². The first-order chi connectivity index (χ1) is 7.15. The van der Waals surface area contributed by atoms with Gasteiger partial charge >= 0.3 is 0 Å². The van der Waals surface area contributed by atoms with Gasteiger partial charge in [0.2, 0.25) is 11.8 Å². The van der Waals surface area contributed by atoms with Gasteiger partial charge < -0.3 is 10.6 Å². The van der Waals surface area contributed by atoms with E-state index in [4.69, 9.17) is 4.18 Å². The summed E-state index contributed by atoms with van der Waals surface area (Å²) >= 11 is 1.26. The molecule has 0 saturated carbocycles. The zero-order chi connectivity index (χ0) is 11.3. The Labute approximate surface area is 92.8 Å². The molecule has 1 aliphatic rings. The lowest BCUT2D eigenvalue weighted by Gasteiger charge is -2.29. The highest BCUT2D eigenvalue weighted by molar-refractivity contribution is 7.94. The molecule has 6 heteroatoms. The van der Waals surface area contributed by atoms with Crippen molar-refractivity contribution in [3.63, 3.8) is 0 Å². The molecule has 1 aliphatic heterocycles. The Hall–Kier alpha value is -1.01. The summed E-state index contributed by atoms with van der Waals surface area (Å²) in [6.07, 6.45) is 1.45. The van der Waals surface area contributed by atoms with Gasteiger partial charge in [0.25, 0.3) is 0 Å². The molecule has 0 bridgehead atoms. The second-order valence-electron chi connectivity index (χ2n) is 3.15. The SMILES string of the molecule is C=CNC(=O)C1CCSOC1NC(C)=O. The third-order valence-corrected chi connectivity index (χ3v) is 2.72. The van der Waals surface area contributed by atoms with Gasteiger partial charge in [0, 0.05) is 12.7 Å². The minimum absolute atomic E-state index is 0.177. The number of hydrogen-bond acceptors (Lipinski definition) is 4. The van der Waals surface area contributed by atoms with Crippen molar-refractivity contribution in [2.45, 2.75) is 19.6 Å². The summed E-state index contributed by atoms with van der Waals surface area (Å²) in [5.74, 6) is 0.00166. The van der Waals surface area contributed by atoms with Crippen molar-refractivity contribution >= 4 is 23.9 Å². The van der Waals surface area contributed by atoms with Crippen LogP contribution < -0.4 is 10.6 Å². The Morgan fingerprint density at radius 2 is 2.33 bits per heavy atom. The maximum Gasteiger partial charge on any atom is 0.231 e. The minimum Gasteiger partial charge on any atom is -0.333 e. The number of carbonyl (C=O) groups excluding carboxylic acids is 2. The Balaban J connectivity index is 2.60. The summed E-state index contributed by atoms with van der Waals surface area (Å²) in [4.78, 5) is 22.5. The zero-order valence-electron chi connectivity index (χ0n) is 8.49. The summed E-state index contributed by atoms with van der Waals surface area (Å²) in [7, 11) is 0. The molecule has 0 aromatic rings. The molecular formula is C9H14N2O3S. The minimum atomic E-state index is -0.554. The molecule has 5 nitrogen and oxygen atoms in total. The Bertz CT molecular complexity index is 270. The normalized spacial score (nSPS) is 25.4. The van der Waals surface area contributed by atoms with Gasteiger partial charge in [-0.25, -0.2) is 0 Å². The van der Waals surface area contributed by atoms with Gasteiger partial charge in [-0.05, 0) is 24.7 Å². The maximum absolute atomic E-state index is 11.6. The Morgan fingerprint density at radius 3 is 2.93 bits per heavy atom. The smallest absolute Gasteiger partial charge is 0.231 e. The van der Waals surface area contributed by atoms with Crippen molar-refractivity contribution in [1.29, 1.82) is 0 Å². The molecule has 0 radical (unpaired) electrons. The average molecular weight is 230 g/mol. The number of carbonyl (C=O) groups is 2. The quantitative estimate of drug-likeness (QED) is 0.688. The monoisotopic (exact) mass is 230 g/mol. The van der Waals surface area contributed by atoms with Crippen LogP contribution in [0.2, 0.25) is 0 Å². The molecule has 0 aliphatic carbocycles. The van der Waals surface area contributed by atoms with Gasteiger partial charge in [-0.3, -0.25) is 13.8 Å². The van der Waals surface area contributed by atoms with Crippen LogP contribution in [0.3, 0.4) is 0 Å². The topological polar surface area (TPSA) is 67.4 Å². The molecule has 1 rings (SSSR count). The van der Waals surface area contributed by atoms with E-state index >= 15 is 0 Å². The first-order valence-corrected chi connectivity index (χ1v) is 5.53. The predicted octanol–water partition coefficient (Wildman–Crippen LogP) is 0.393. The van der Waals surface area contributed by atoms with Crippen molar-refractivity contribution in [3.05, 3.63) is 12.8 Å². The predicted molar refractivity (Wildman–Crippen MR) is 57.6 cm³/mol. The van der Waals surface area contributed by atoms with Crippen molar-refractivity contribution in [2.75, 3.05) is 5.75 Å². The maximum atomic E-state index is 11.6. The van der Waals surface area contributed by atoms with E-state index < -0.39 is 6.23 Å². The van der Waals surface area contributed by atoms with Crippen molar-refractivity contribution < 1.29 is 13.8 Å². The molecule has 15 heavy (non-hydrogen) atoms. The Kier molecular flexibility index (Phi) is 4.64. The van der Waals surface area contributed by atoms with Crippen LogP contribution >= 0.6 is 12.0 Å². The fourth-order valence-corrected chi connectivity index (χ4v) is 2.09. The first-order valence-electron chi connectivity index (χ1n) is 4.62.